The number of hydrogen-bond acceptors (Lipinski definition) is 4. The molecular formula is C20H25NO3. The van der Waals surface area contributed by atoms with Crippen molar-refractivity contribution in [3.63, 3.8) is 0 Å². The Morgan fingerprint density at radius 1 is 1.08 bits per heavy atom. The van der Waals surface area contributed by atoms with Crippen LogP contribution in [0.4, 0.5) is 0 Å². The number of phenols is 2. The highest BCUT2D eigenvalue weighted by Crippen LogP contribution is 2.29. The lowest BCUT2D eigenvalue weighted by molar-refractivity contribution is 0.142. The van der Waals surface area contributed by atoms with Crippen molar-refractivity contribution < 1.29 is 15.3 Å². The first-order chi connectivity index (χ1) is 11.7. The summed E-state index contributed by atoms with van der Waals surface area (Å²) in [5.74, 6) is 0.717. The highest BCUT2D eigenvalue weighted by atomic mass is 16.3. The molecule has 0 aromatic heterocycles. The number of rotatable bonds is 6. The molecule has 3 N–H and O–H groups in total. The van der Waals surface area contributed by atoms with Gasteiger partial charge in [0.25, 0.3) is 0 Å². The van der Waals surface area contributed by atoms with Crippen LogP contribution in [0.5, 0.6) is 11.5 Å². The first-order valence-electron chi connectivity index (χ1n) is 8.55. The molecule has 1 aliphatic rings. The van der Waals surface area contributed by atoms with Crippen LogP contribution in [0.3, 0.4) is 0 Å². The van der Waals surface area contributed by atoms with E-state index in [4.69, 9.17) is 0 Å². The minimum Gasteiger partial charge on any atom is -0.508 e. The molecule has 0 aliphatic carbocycles. The van der Waals surface area contributed by atoms with Gasteiger partial charge in [0.05, 0.1) is 6.61 Å². The second-order valence-electron chi connectivity index (χ2n) is 6.69. The number of nitrogens with zero attached hydrogens (tertiary/aromatic N) is 1. The third-order valence-electron chi connectivity index (χ3n) is 4.94. The summed E-state index contributed by atoms with van der Waals surface area (Å²) in [5, 5.41) is 29.1. The minimum atomic E-state index is 0.0903. The zero-order valence-electron chi connectivity index (χ0n) is 13.8. The summed E-state index contributed by atoms with van der Waals surface area (Å²) in [5.41, 5.74) is 2.12. The van der Waals surface area contributed by atoms with E-state index < -0.39 is 0 Å². The fraction of sp³-hybridized carbons (Fsp3) is 0.400. The average Bonchev–Trinajstić information content (AvgIpc) is 3.04. The second-order valence-corrected chi connectivity index (χ2v) is 6.69. The maximum atomic E-state index is 9.95. The van der Waals surface area contributed by atoms with E-state index in [1.54, 1.807) is 12.1 Å². The first kappa shape index (κ1) is 16.8. The van der Waals surface area contributed by atoms with Crippen LogP contribution in [0.2, 0.25) is 0 Å². The van der Waals surface area contributed by atoms with E-state index in [9.17, 15) is 15.3 Å². The molecule has 4 nitrogen and oxygen atoms in total. The Labute approximate surface area is 143 Å². The van der Waals surface area contributed by atoms with Gasteiger partial charge >= 0.3 is 0 Å². The maximum absolute atomic E-state index is 9.95. The molecule has 0 amide bonds. The zero-order chi connectivity index (χ0) is 16.9. The first-order valence-corrected chi connectivity index (χ1v) is 8.55. The van der Waals surface area contributed by atoms with Gasteiger partial charge in [-0.05, 0) is 48.9 Å². The molecular weight excluding hydrogens is 302 g/mol. The van der Waals surface area contributed by atoms with E-state index in [1.807, 2.05) is 18.2 Å². The molecule has 0 saturated carbocycles. The van der Waals surface area contributed by atoms with Crippen molar-refractivity contribution in [3.8, 4) is 11.5 Å². The summed E-state index contributed by atoms with van der Waals surface area (Å²) in [6.45, 7) is 2.06. The molecule has 3 rings (SSSR count). The van der Waals surface area contributed by atoms with E-state index in [0.29, 0.717) is 5.92 Å². The number of hydrogen-bond donors (Lipinski definition) is 3. The molecule has 2 atom stereocenters. The Balaban J connectivity index is 1.59. The molecule has 1 aliphatic heterocycles. The van der Waals surface area contributed by atoms with Gasteiger partial charge in [-0.25, -0.2) is 0 Å². The van der Waals surface area contributed by atoms with E-state index in [-0.39, 0.29) is 24.1 Å². The monoisotopic (exact) mass is 327 g/mol. The molecule has 1 fully saturated rings. The number of aromatic hydroxyl groups is 2. The topological polar surface area (TPSA) is 63.9 Å². The van der Waals surface area contributed by atoms with Crippen LogP contribution < -0.4 is 0 Å². The predicted octanol–water partition coefficient (Wildman–Crippen LogP) is 2.57. The zero-order valence-corrected chi connectivity index (χ0v) is 13.8. The normalized spacial score (nSPS) is 19.5. The van der Waals surface area contributed by atoms with Gasteiger partial charge in [0.15, 0.2) is 0 Å². The third-order valence-corrected chi connectivity index (χ3v) is 4.94. The molecule has 0 bridgehead atoms. The molecule has 1 heterocycles. The third kappa shape index (κ3) is 4.08. The lowest BCUT2D eigenvalue weighted by atomic mass is 9.98. The molecule has 128 valence electrons. The number of aliphatic hydroxyl groups is 1. The highest BCUT2D eigenvalue weighted by Gasteiger charge is 2.28. The van der Waals surface area contributed by atoms with Crippen LogP contribution in [0.25, 0.3) is 0 Å². The lowest BCUT2D eigenvalue weighted by Crippen LogP contribution is -2.38. The van der Waals surface area contributed by atoms with Crippen LogP contribution in [0, 0.1) is 5.92 Å². The summed E-state index contributed by atoms with van der Waals surface area (Å²) in [6.07, 6.45) is 2.71. The predicted molar refractivity (Wildman–Crippen MR) is 94.2 cm³/mol. The molecule has 2 aromatic rings. The minimum absolute atomic E-state index is 0.0903. The molecule has 24 heavy (non-hydrogen) atoms. The SMILES string of the molecule is OCC(Cc1ccccc1)N1CCC(Cc2ccc(O)cc2O)C1. The van der Waals surface area contributed by atoms with Gasteiger partial charge in [0, 0.05) is 18.7 Å². The largest absolute Gasteiger partial charge is 0.508 e. The summed E-state index contributed by atoms with van der Waals surface area (Å²) < 4.78 is 0. The molecule has 0 radical (unpaired) electrons. The highest BCUT2D eigenvalue weighted by molar-refractivity contribution is 5.39. The average molecular weight is 327 g/mol. The standard InChI is InChI=1S/C20H25NO3/c22-14-18(11-15-4-2-1-3-5-15)21-9-8-16(13-21)10-17-6-7-19(23)12-20(17)24/h1-7,12,16,18,22-24H,8-11,13-14H2. The fourth-order valence-electron chi connectivity index (χ4n) is 3.59. The Morgan fingerprint density at radius 2 is 1.88 bits per heavy atom. The molecule has 2 unspecified atom stereocenters. The number of likely N-dealkylation sites (tertiary alicyclic amines) is 1. The van der Waals surface area contributed by atoms with Crippen LogP contribution in [-0.4, -0.2) is 46.0 Å². The van der Waals surface area contributed by atoms with Crippen LogP contribution in [-0.2, 0) is 12.8 Å². The molecule has 0 spiro atoms. The van der Waals surface area contributed by atoms with Crippen LogP contribution in [0.1, 0.15) is 17.5 Å². The van der Waals surface area contributed by atoms with Gasteiger partial charge in [0.1, 0.15) is 11.5 Å². The summed E-state index contributed by atoms with van der Waals surface area (Å²) in [4.78, 5) is 2.36. The summed E-state index contributed by atoms with van der Waals surface area (Å²) >= 11 is 0. The summed E-state index contributed by atoms with van der Waals surface area (Å²) in [7, 11) is 0. The van der Waals surface area contributed by atoms with Crippen LogP contribution >= 0.6 is 0 Å². The van der Waals surface area contributed by atoms with Gasteiger partial charge in [-0.2, -0.15) is 0 Å². The molecule has 2 aromatic carbocycles. The van der Waals surface area contributed by atoms with Crippen molar-refractivity contribution in [2.75, 3.05) is 19.7 Å². The maximum Gasteiger partial charge on any atom is 0.122 e. The Kier molecular flexibility index (Phi) is 5.38. The second kappa shape index (κ2) is 7.69. The van der Waals surface area contributed by atoms with E-state index in [2.05, 4.69) is 17.0 Å². The Hall–Kier alpha value is -2.04. The van der Waals surface area contributed by atoms with Gasteiger partial charge in [0.2, 0.25) is 0 Å². The van der Waals surface area contributed by atoms with E-state index in [0.717, 1.165) is 37.9 Å². The van der Waals surface area contributed by atoms with E-state index in [1.165, 1.54) is 11.6 Å². The van der Waals surface area contributed by atoms with Gasteiger partial charge in [-0.15, -0.1) is 0 Å². The van der Waals surface area contributed by atoms with Crippen LogP contribution in [0.15, 0.2) is 48.5 Å². The Morgan fingerprint density at radius 3 is 2.58 bits per heavy atom. The number of phenolic OH excluding ortho intramolecular Hbond substituents is 2. The Bertz CT molecular complexity index is 659. The summed E-state index contributed by atoms with van der Waals surface area (Å²) in [6, 6.07) is 15.2. The quantitative estimate of drug-likeness (QED) is 0.763. The van der Waals surface area contributed by atoms with E-state index >= 15 is 0 Å². The van der Waals surface area contributed by atoms with Crippen molar-refractivity contribution in [1.29, 1.82) is 0 Å². The smallest absolute Gasteiger partial charge is 0.122 e. The molecule has 1 saturated heterocycles. The number of benzene rings is 2. The van der Waals surface area contributed by atoms with Gasteiger partial charge in [-0.3, -0.25) is 4.90 Å². The van der Waals surface area contributed by atoms with Crippen molar-refractivity contribution in [2.24, 2.45) is 5.92 Å². The molecule has 4 heteroatoms. The van der Waals surface area contributed by atoms with Gasteiger partial charge in [-0.1, -0.05) is 36.4 Å². The van der Waals surface area contributed by atoms with Crippen molar-refractivity contribution in [3.05, 3.63) is 59.7 Å². The van der Waals surface area contributed by atoms with Crippen molar-refractivity contribution in [2.45, 2.75) is 25.3 Å². The fourth-order valence-corrected chi connectivity index (χ4v) is 3.59. The number of aliphatic hydroxyl groups excluding tert-OH is 1. The lowest BCUT2D eigenvalue weighted by Gasteiger charge is -2.26. The van der Waals surface area contributed by atoms with Crippen molar-refractivity contribution >= 4 is 0 Å². The van der Waals surface area contributed by atoms with Gasteiger partial charge < -0.3 is 15.3 Å². The van der Waals surface area contributed by atoms with Crippen molar-refractivity contribution in [1.82, 2.24) is 4.90 Å².